The van der Waals surface area contributed by atoms with Gasteiger partial charge >= 0.3 is 0 Å². The van der Waals surface area contributed by atoms with E-state index in [1.165, 1.54) is 22.7 Å². The highest BCUT2D eigenvalue weighted by Crippen LogP contribution is 2.36. The third kappa shape index (κ3) is 5.28. The molecule has 4 rings (SSSR count). The van der Waals surface area contributed by atoms with Gasteiger partial charge in [-0.3, -0.25) is 15.0 Å². The van der Waals surface area contributed by atoms with E-state index in [-0.39, 0.29) is 32.0 Å². The Morgan fingerprint density at radius 3 is 2.34 bits per heavy atom. The summed E-state index contributed by atoms with van der Waals surface area (Å²) in [5.74, 6) is -0.720. The molecule has 1 amide bonds. The van der Waals surface area contributed by atoms with Crippen molar-refractivity contribution in [2.24, 2.45) is 0 Å². The Morgan fingerprint density at radius 1 is 1.11 bits per heavy atom. The summed E-state index contributed by atoms with van der Waals surface area (Å²) >= 11 is 0. The fourth-order valence-electron chi connectivity index (χ4n) is 5.11. The van der Waals surface area contributed by atoms with Gasteiger partial charge in [0.2, 0.25) is 10.0 Å². The van der Waals surface area contributed by atoms with Crippen LogP contribution in [-0.2, 0) is 26.0 Å². The molecule has 2 aliphatic heterocycles. The van der Waals surface area contributed by atoms with Crippen LogP contribution in [0.3, 0.4) is 0 Å². The van der Waals surface area contributed by atoms with Crippen molar-refractivity contribution < 1.29 is 23.2 Å². The maximum absolute atomic E-state index is 13.5. The first-order valence-electron chi connectivity index (χ1n) is 12.5. The van der Waals surface area contributed by atoms with Crippen molar-refractivity contribution in [3.05, 3.63) is 53.9 Å². The molecule has 0 bridgehead atoms. The molecule has 2 aromatic rings. The summed E-state index contributed by atoms with van der Waals surface area (Å²) in [4.78, 5) is 17.1. The van der Waals surface area contributed by atoms with Gasteiger partial charge < -0.3 is 4.74 Å². The number of aryl methyl sites for hydroxylation is 1. The predicted molar refractivity (Wildman–Crippen MR) is 133 cm³/mol. The Kier molecular flexibility index (Phi) is 8.21. The van der Waals surface area contributed by atoms with Crippen molar-refractivity contribution in [1.29, 1.82) is 0 Å². The van der Waals surface area contributed by atoms with Gasteiger partial charge in [0.15, 0.2) is 4.75 Å². The zero-order chi connectivity index (χ0) is 24.9. The average Bonchev–Trinajstić information content (AvgIpc) is 2.92. The first-order valence-corrected chi connectivity index (χ1v) is 13.9. The summed E-state index contributed by atoms with van der Waals surface area (Å²) in [6, 6.07) is 12.7. The number of nitrogens with zero attached hydrogens (tertiary/aromatic N) is 2. The van der Waals surface area contributed by atoms with Crippen LogP contribution < -0.4 is 5.48 Å². The SMILES string of the molecule is CCCCc1ccc(-c2ccc(C3CCN(S(=O)(=O)C4(C(=O)NO)CCOCC4)CC3)nc2)cc1. The van der Waals surface area contributed by atoms with Crippen LogP contribution in [0.4, 0.5) is 0 Å². The van der Waals surface area contributed by atoms with Gasteiger partial charge in [0.25, 0.3) is 5.91 Å². The quantitative estimate of drug-likeness (QED) is 0.422. The van der Waals surface area contributed by atoms with Crippen LogP contribution in [0.25, 0.3) is 11.1 Å². The molecule has 35 heavy (non-hydrogen) atoms. The number of carbonyl (C=O) groups excluding carboxylic acids is 1. The minimum absolute atomic E-state index is 0.0320. The number of unbranched alkanes of at least 4 members (excludes halogenated alkanes) is 1. The van der Waals surface area contributed by atoms with Gasteiger partial charge in [-0.25, -0.2) is 18.2 Å². The van der Waals surface area contributed by atoms with Crippen molar-refractivity contribution in [2.75, 3.05) is 26.3 Å². The van der Waals surface area contributed by atoms with Gasteiger partial charge in [-0.2, -0.15) is 0 Å². The van der Waals surface area contributed by atoms with E-state index >= 15 is 0 Å². The molecule has 0 atom stereocenters. The van der Waals surface area contributed by atoms with Gasteiger partial charge in [0.1, 0.15) is 0 Å². The van der Waals surface area contributed by atoms with E-state index in [1.54, 1.807) is 5.48 Å². The lowest BCUT2D eigenvalue weighted by Crippen LogP contribution is -2.60. The number of rotatable bonds is 8. The molecule has 8 nitrogen and oxygen atoms in total. The predicted octanol–water partition coefficient (Wildman–Crippen LogP) is 3.66. The Hall–Kier alpha value is -2.33. The Balaban J connectivity index is 1.41. The molecule has 2 N–H and O–H groups in total. The molecule has 1 aromatic heterocycles. The van der Waals surface area contributed by atoms with E-state index in [0.29, 0.717) is 25.9 Å². The van der Waals surface area contributed by atoms with Gasteiger partial charge in [-0.05, 0) is 42.9 Å². The summed E-state index contributed by atoms with van der Waals surface area (Å²) in [6.45, 7) is 3.17. The lowest BCUT2D eigenvalue weighted by molar-refractivity contribution is -0.134. The molecule has 0 unspecified atom stereocenters. The summed E-state index contributed by atoms with van der Waals surface area (Å²) in [7, 11) is -3.96. The van der Waals surface area contributed by atoms with E-state index < -0.39 is 20.7 Å². The van der Waals surface area contributed by atoms with Crippen molar-refractivity contribution in [3.63, 3.8) is 0 Å². The Bertz CT molecular complexity index is 1090. The van der Waals surface area contributed by atoms with Crippen molar-refractivity contribution in [3.8, 4) is 11.1 Å². The number of nitrogens with one attached hydrogen (secondary N) is 1. The number of ether oxygens (including phenoxy) is 1. The second kappa shape index (κ2) is 11.2. The molecule has 2 aliphatic rings. The van der Waals surface area contributed by atoms with Crippen LogP contribution >= 0.6 is 0 Å². The zero-order valence-electron chi connectivity index (χ0n) is 20.3. The first kappa shape index (κ1) is 25.8. The maximum Gasteiger partial charge on any atom is 0.266 e. The minimum atomic E-state index is -3.96. The fourth-order valence-corrected chi connectivity index (χ4v) is 7.25. The lowest BCUT2D eigenvalue weighted by atomic mass is 9.93. The number of hydroxylamine groups is 1. The van der Waals surface area contributed by atoms with Crippen LogP contribution in [0, 0.1) is 0 Å². The number of aromatic nitrogens is 1. The number of sulfonamides is 1. The van der Waals surface area contributed by atoms with Gasteiger partial charge in [-0.15, -0.1) is 0 Å². The van der Waals surface area contributed by atoms with Crippen molar-refractivity contribution >= 4 is 15.9 Å². The Morgan fingerprint density at radius 2 is 1.77 bits per heavy atom. The highest BCUT2D eigenvalue weighted by atomic mass is 32.2. The van der Waals surface area contributed by atoms with Crippen molar-refractivity contribution in [2.45, 2.75) is 62.5 Å². The molecular formula is C26H35N3O5S. The van der Waals surface area contributed by atoms with Gasteiger partial charge in [0, 0.05) is 62.5 Å². The molecule has 0 saturated carbocycles. The largest absolute Gasteiger partial charge is 0.381 e. The third-order valence-electron chi connectivity index (χ3n) is 7.41. The van der Waals surface area contributed by atoms with E-state index in [1.807, 2.05) is 12.3 Å². The van der Waals surface area contributed by atoms with Crippen LogP contribution in [0.2, 0.25) is 0 Å². The monoisotopic (exact) mass is 501 g/mol. The van der Waals surface area contributed by atoms with Crippen LogP contribution in [0.5, 0.6) is 0 Å². The second-order valence-electron chi connectivity index (χ2n) is 9.50. The number of hydrogen-bond donors (Lipinski definition) is 2. The average molecular weight is 502 g/mol. The van der Waals surface area contributed by atoms with E-state index in [0.717, 1.165) is 23.2 Å². The number of benzene rings is 1. The van der Waals surface area contributed by atoms with E-state index in [9.17, 15) is 18.4 Å². The molecule has 0 spiro atoms. The molecule has 0 aliphatic carbocycles. The lowest BCUT2D eigenvalue weighted by Gasteiger charge is -2.40. The molecule has 0 radical (unpaired) electrons. The van der Waals surface area contributed by atoms with E-state index in [2.05, 4.69) is 37.3 Å². The summed E-state index contributed by atoms with van der Waals surface area (Å²) in [5.41, 5.74) is 6.08. The number of pyridine rings is 1. The molecule has 9 heteroatoms. The van der Waals surface area contributed by atoms with Crippen LogP contribution in [0.1, 0.15) is 62.6 Å². The second-order valence-corrected chi connectivity index (χ2v) is 11.7. The van der Waals surface area contributed by atoms with Crippen molar-refractivity contribution in [1.82, 2.24) is 14.8 Å². The van der Waals surface area contributed by atoms with E-state index in [4.69, 9.17) is 9.72 Å². The van der Waals surface area contributed by atoms with Gasteiger partial charge in [-0.1, -0.05) is 43.7 Å². The number of amides is 1. The van der Waals surface area contributed by atoms with Gasteiger partial charge in [0.05, 0.1) is 0 Å². The molecular weight excluding hydrogens is 466 g/mol. The highest BCUT2D eigenvalue weighted by molar-refractivity contribution is 7.91. The molecule has 2 saturated heterocycles. The molecule has 3 heterocycles. The normalized spacial score (nSPS) is 19.4. The van der Waals surface area contributed by atoms with Crippen LogP contribution in [-0.4, -0.2) is 59.9 Å². The standard InChI is InChI=1S/C26H35N3O5S/c1-2-3-4-20-5-7-21(8-6-20)23-9-10-24(27-19-23)22-11-15-29(16-12-22)35(32,33)26(25(30)28-31)13-17-34-18-14-26/h5-10,19,22,31H,2-4,11-18H2,1H3,(H,28,30). The Labute approximate surface area is 207 Å². The number of hydrogen-bond acceptors (Lipinski definition) is 6. The number of piperidine rings is 1. The summed E-state index contributed by atoms with van der Waals surface area (Å²) < 4.78 is 32.0. The molecule has 2 fully saturated rings. The fraction of sp³-hybridized carbons (Fsp3) is 0.538. The smallest absolute Gasteiger partial charge is 0.266 e. The van der Waals surface area contributed by atoms with Crippen LogP contribution in [0.15, 0.2) is 42.6 Å². The summed E-state index contributed by atoms with van der Waals surface area (Å²) in [5, 5.41) is 9.23. The topological polar surface area (TPSA) is 109 Å². The molecule has 1 aromatic carbocycles. The highest BCUT2D eigenvalue weighted by Gasteiger charge is 2.54. The summed E-state index contributed by atoms with van der Waals surface area (Å²) in [6.07, 6.45) is 6.69. The minimum Gasteiger partial charge on any atom is -0.381 e. The maximum atomic E-state index is 13.5. The first-order chi connectivity index (χ1) is 16.9. The number of carbonyl (C=O) groups is 1. The molecule has 190 valence electrons. The zero-order valence-corrected chi connectivity index (χ0v) is 21.1. The third-order valence-corrected chi connectivity index (χ3v) is 10.0.